The molecule has 0 saturated carbocycles. The maximum atomic E-state index is 13.6. The van der Waals surface area contributed by atoms with Crippen molar-refractivity contribution in [3.63, 3.8) is 0 Å². The first kappa shape index (κ1) is 26.8. The van der Waals surface area contributed by atoms with Gasteiger partial charge in [0, 0.05) is 25.2 Å². The van der Waals surface area contributed by atoms with Gasteiger partial charge in [-0.15, -0.1) is 0 Å². The van der Waals surface area contributed by atoms with Crippen molar-refractivity contribution in [2.75, 3.05) is 28.4 Å². The lowest BCUT2D eigenvalue weighted by Crippen LogP contribution is -2.39. The molecular weight excluding hydrogens is 516 g/mol. The Balaban J connectivity index is 1.91. The Morgan fingerprint density at radius 3 is 1.89 bits per heavy atom. The SMILES string of the molecule is COc1ccc(OC)c(Cn2c(=O)n(C)c(=O)c3c2nc(S(=O)(=O)Cc2cc(OC)ccc2OC)n3C)c1. The molecular formula is C25H28N4O8S. The first-order chi connectivity index (χ1) is 18.1. The van der Waals surface area contributed by atoms with Gasteiger partial charge in [0.05, 0.1) is 40.7 Å². The van der Waals surface area contributed by atoms with Crippen LogP contribution in [0.15, 0.2) is 51.1 Å². The number of imidazole rings is 1. The van der Waals surface area contributed by atoms with Crippen molar-refractivity contribution < 1.29 is 27.4 Å². The summed E-state index contributed by atoms with van der Waals surface area (Å²) in [7, 11) is 4.54. The molecule has 4 aromatic rings. The Bertz CT molecular complexity index is 1750. The van der Waals surface area contributed by atoms with Crippen LogP contribution in [0.2, 0.25) is 0 Å². The van der Waals surface area contributed by atoms with Crippen LogP contribution in [-0.4, -0.2) is 55.5 Å². The van der Waals surface area contributed by atoms with Gasteiger partial charge in [0.2, 0.25) is 15.0 Å². The molecule has 0 saturated heterocycles. The first-order valence-corrected chi connectivity index (χ1v) is 13.0. The highest BCUT2D eigenvalue weighted by Gasteiger charge is 2.28. The van der Waals surface area contributed by atoms with E-state index in [0.29, 0.717) is 34.1 Å². The molecule has 0 radical (unpaired) electrons. The van der Waals surface area contributed by atoms with E-state index >= 15 is 0 Å². The Hall–Kier alpha value is -4.26. The number of hydrogen-bond acceptors (Lipinski definition) is 9. The molecule has 202 valence electrons. The summed E-state index contributed by atoms with van der Waals surface area (Å²) in [6, 6.07) is 9.90. The van der Waals surface area contributed by atoms with Gasteiger partial charge >= 0.3 is 5.69 Å². The van der Waals surface area contributed by atoms with Crippen LogP contribution in [0.3, 0.4) is 0 Å². The van der Waals surface area contributed by atoms with Crippen molar-refractivity contribution in [3.05, 3.63) is 68.4 Å². The molecule has 0 aliphatic heterocycles. The molecule has 0 atom stereocenters. The summed E-state index contributed by atoms with van der Waals surface area (Å²) in [6.07, 6.45) is 0. The van der Waals surface area contributed by atoms with Crippen molar-refractivity contribution in [2.24, 2.45) is 14.1 Å². The minimum Gasteiger partial charge on any atom is -0.497 e. The van der Waals surface area contributed by atoms with Crippen molar-refractivity contribution in [2.45, 2.75) is 17.5 Å². The van der Waals surface area contributed by atoms with E-state index in [9.17, 15) is 18.0 Å². The van der Waals surface area contributed by atoms with E-state index in [4.69, 9.17) is 18.9 Å². The molecule has 12 nitrogen and oxygen atoms in total. The Kier molecular flexibility index (Phi) is 7.22. The van der Waals surface area contributed by atoms with Crippen LogP contribution in [0.1, 0.15) is 11.1 Å². The highest BCUT2D eigenvalue weighted by Crippen LogP contribution is 2.29. The molecule has 0 unspecified atom stereocenters. The number of nitrogens with zero attached hydrogens (tertiary/aromatic N) is 4. The Morgan fingerprint density at radius 2 is 1.34 bits per heavy atom. The van der Waals surface area contributed by atoms with Gasteiger partial charge in [0.15, 0.2) is 11.2 Å². The minimum absolute atomic E-state index is 0.0369. The van der Waals surface area contributed by atoms with Crippen LogP contribution >= 0.6 is 0 Å². The molecule has 0 amide bonds. The molecule has 38 heavy (non-hydrogen) atoms. The lowest BCUT2D eigenvalue weighted by molar-refractivity contribution is 0.397. The second-order valence-corrected chi connectivity index (χ2v) is 10.4. The normalized spacial score (nSPS) is 11.5. The molecule has 2 aromatic heterocycles. The molecule has 4 rings (SSSR count). The van der Waals surface area contributed by atoms with Crippen LogP contribution in [0.25, 0.3) is 11.2 Å². The number of hydrogen-bond donors (Lipinski definition) is 0. The number of benzene rings is 2. The van der Waals surface area contributed by atoms with Gasteiger partial charge in [-0.25, -0.2) is 13.2 Å². The van der Waals surface area contributed by atoms with E-state index in [1.807, 2.05) is 0 Å². The third-order valence-corrected chi connectivity index (χ3v) is 7.86. The summed E-state index contributed by atoms with van der Waals surface area (Å²) < 4.78 is 51.8. The number of aromatic nitrogens is 4. The number of fused-ring (bicyclic) bond motifs is 1. The van der Waals surface area contributed by atoms with Crippen LogP contribution in [0.4, 0.5) is 0 Å². The molecule has 0 spiro atoms. The maximum absolute atomic E-state index is 13.6. The number of methoxy groups -OCH3 is 4. The summed E-state index contributed by atoms with van der Waals surface area (Å²) in [5, 5.41) is -0.369. The standard InChI is InChI=1S/C25H28N4O8S/c1-27-21-22(26-24(27)38(32,33)14-16-12-18(35-4)8-10-20(16)37-6)29(25(31)28(2)23(21)30)13-15-11-17(34-3)7-9-19(15)36-5/h7-12H,13-14H2,1-6H3. The zero-order valence-corrected chi connectivity index (χ0v) is 22.7. The molecule has 0 aliphatic carbocycles. The Morgan fingerprint density at radius 1 is 0.789 bits per heavy atom. The predicted octanol–water partition coefficient (Wildman–Crippen LogP) is 1.49. The zero-order valence-electron chi connectivity index (χ0n) is 21.8. The number of ether oxygens (including phenoxy) is 4. The predicted molar refractivity (Wildman–Crippen MR) is 139 cm³/mol. The molecule has 2 aromatic carbocycles. The average molecular weight is 545 g/mol. The molecule has 0 bridgehead atoms. The number of rotatable bonds is 9. The third-order valence-electron chi connectivity index (χ3n) is 6.24. The summed E-state index contributed by atoms with van der Waals surface area (Å²) in [5.74, 6) is 1.35. The van der Waals surface area contributed by atoms with Gasteiger partial charge < -0.3 is 23.5 Å². The lowest BCUT2D eigenvalue weighted by atomic mass is 10.2. The summed E-state index contributed by atoms with van der Waals surface area (Å²) >= 11 is 0. The summed E-state index contributed by atoms with van der Waals surface area (Å²) in [5.41, 5.74) is -0.514. The van der Waals surface area contributed by atoms with Crippen LogP contribution in [0.5, 0.6) is 23.0 Å². The van der Waals surface area contributed by atoms with E-state index in [-0.39, 0.29) is 22.9 Å². The van der Waals surface area contributed by atoms with Crippen molar-refractivity contribution in [3.8, 4) is 23.0 Å². The van der Waals surface area contributed by atoms with E-state index in [0.717, 1.165) is 4.57 Å². The van der Waals surface area contributed by atoms with Gasteiger partial charge in [-0.05, 0) is 36.4 Å². The summed E-state index contributed by atoms with van der Waals surface area (Å²) in [4.78, 5) is 30.6. The molecule has 0 aliphatic rings. The topological polar surface area (TPSA) is 133 Å². The summed E-state index contributed by atoms with van der Waals surface area (Å²) in [6.45, 7) is -0.0516. The quantitative estimate of drug-likeness (QED) is 0.307. The lowest BCUT2D eigenvalue weighted by Gasteiger charge is -2.13. The fraction of sp³-hybridized carbons (Fsp3) is 0.320. The van der Waals surface area contributed by atoms with Crippen LogP contribution in [0, 0.1) is 0 Å². The monoisotopic (exact) mass is 544 g/mol. The highest BCUT2D eigenvalue weighted by atomic mass is 32.2. The second-order valence-electron chi connectivity index (χ2n) is 8.47. The van der Waals surface area contributed by atoms with Crippen molar-refractivity contribution in [1.82, 2.24) is 18.7 Å². The van der Waals surface area contributed by atoms with Gasteiger partial charge in [-0.1, -0.05) is 0 Å². The first-order valence-electron chi connectivity index (χ1n) is 11.4. The van der Waals surface area contributed by atoms with Gasteiger partial charge in [-0.2, -0.15) is 4.98 Å². The molecule has 13 heteroatoms. The second kappa shape index (κ2) is 10.2. The van der Waals surface area contributed by atoms with E-state index in [2.05, 4.69) is 4.98 Å². The molecule has 2 heterocycles. The van der Waals surface area contributed by atoms with E-state index in [1.165, 1.54) is 51.7 Å². The highest BCUT2D eigenvalue weighted by molar-refractivity contribution is 7.90. The minimum atomic E-state index is -4.11. The van der Waals surface area contributed by atoms with Crippen molar-refractivity contribution >= 4 is 21.0 Å². The molecule has 0 fully saturated rings. The van der Waals surface area contributed by atoms with Gasteiger partial charge in [0.25, 0.3) is 5.56 Å². The maximum Gasteiger partial charge on any atom is 0.332 e. The average Bonchev–Trinajstić information content (AvgIpc) is 3.27. The van der Waals surface area contributed by atoms with E-state index in [1.54, 1.807) is 36.4 Å². The van der Waals surface area contributed by atoms with Gasteiger partial charge in [-0.3, -0.25) is 13.9 Å². The number of sulfone groups is 1. The van der Waals surface area contributed by atoms with Crippen LogP contribution in [-0.2, 0) is 36.2 Å². The van der Waals surface area contributed by atoms with Crippen LogP contribution < -0.4 is 30.2 Å². The molecule has 0 N–H and O–H groups in total. The third kappa shape index (κ3) is 4.60. The van der Waals surface area contributed by atoms with E-state index < -0.39 is 26.8 Å². The van der Waals surface area contributed by atoms with Crippen molar-refractivity contribution in [1.29, 1.82) is 0 Å². The largest absolute Gasteiger partial charge is 0.497 e. The Labute approximate surface area is 218 Å². The smallest absolute Gasteiger partial charge is 0.332 e. The van der Waals surface area contributed by atoms with Gasteiger partial charge in [0.1, 0.15) is 23.0 Å². The zero-order chi connectivity index (χ0) is 27.8. The fourth-order valence-electron chi connectivity index (χ4n) is 4.27. The number of aryl methyl sites for hydroxylation is 1. The fourth-order valence-corrected chi connectivity index (χ4v) is 5.77.